The summed E-state index contributed by atoms with van der Waals surface area (Å²) in [7, 11) is 0. The SMILES string of the molecule is CCNC(=NCc1ccccc1CN1CCOCC1)NCCCSc1nccs1.I. The van der Waals surface area contributed by atoms with Crippen LogP contribution in [0.2, 0.25) is 0 Å². The first-order valence-electron chi connectivity index (χ1n) is 10.3. The lowest BCUT2D eigenvalue weighted by molar-refractivity contribution is 0.0341. The fraction of sp³-hybridized carbons (Fsp3) is 0.524. The number of morpholine rings is 1. The van der Waals surface area contributed by atoms with Gasteiger partial charge in [0.05, 0.1) is 19.8 Å². The molecular formula is C21H32IN5OS2. The van der Waals surface area contributed by atoms with E-state index in [0.29, 0.717) is 6.54 Å². The van der Waals surface area contributed by atoms with Crippen LogP contribution in [0, 0.1) is 0 Å². The quantitative estimate of drug-likeness (QED) is 0.151. The van der Waals surface area contributed by atoms with Gasteiger partial charge in [-0.25, -0.2) is 9.98 Å². The zero-order valence-corrected chi connectivity index (χ0v) is 21.5. The van der Waals surface area contributed by atoms with Crippen LogP contribution in [0.5, 0.6) is 0 Å². The number of aromatic nitrogens is 1. The summed E-state index contributed by atoms with van der Waals surface area (Å²) in [4.78, 5) is 11.6. The minimum atomic E-state index is 0. The van der Waals surface area contributed by atoms with Crippen molar-refractivity contribution in [1.29, 1.82) is 0 Å². The number of hydrogen-bond acceptors (Lipinski definition) is 6. The summed E-state index contributed by atoms with van der Waals surface area (Å²) < 4.78 is 6.61. The predicted octanol–water partition coefficient (Wildman–Crippen LogP) is 3.83. The van der Waals surface area contributed by atoms with Crippen LogP contribution in [0.15, 0.2) is 45.2 Å². The van der Waals surface area contributed by atoms with Crippen LogP contribution in [-0.4, -0.2) is 61.0 Å². The van der Waals surface area contributed by atoms with Crippen molar-refractivity contribution in [3.63, 3.8) is 0 Å². The lowest BCUT2D eigenvalue weighted by atomic mass is 10.1. The third kappa shape index (κ3) is 9.09. The smallest absolute Gasteiger partial charge is 0.191 e. The number of nitrogens with zero attached hydrogens (tertiary/aromatic N) is 3. The van der Waals surface area contributed by atoms with Crippen LogP contribution in [-0.2, 0) is 17.8 Å². The molecule has 2 aromatic rings. The molecule has 1 saturated heterocycles. The average Bonchev–Trinajstić information content (AvgIpc) is 3.27. The van der Waals surface area contributed by atoms with E-state index in [2.05, 4.69) is 51.7 Å². The van der Waals surface area contributed by atoms with Crippen LogP contribution in [0.4, 0.5) is 0 Å². The van der Waals surface area contributed by atoms with Crippen molar-refractivity contribution in [2.45, 2.75) is 30.8 Å². The van der Waals surface area contributed by atoms with E-state index in [0.717, 1.165) is 68.4 Å². The Bertz CT molecular complexity index is 739. The molecule has 0 saturated carbocycles. The largest absolute Gasteiger partial charge is 0.379 e. The highest BCUT2D eigenvalue weighted by molar-refractivity contribution is 14.0. The number of halogens is 1. The minimum Gasteiger partial charge on any atom is -0.379 e. The number of rotatable bonds is 10. The zero-order valence-electron chi connectivity index (χ0n) is 17.5. The van der Waals surface area contributed by atoms with E-state index in [4.69, 9.17) is 9.73 Å². The molecule has 0 unspecified atom stereocenters. The highest BCUT2D eigenvalue weighted by Gasteiger charge is 2.12. The van der Waals surface area contributed by atoms with Crippen LogP contribution in [0.1, 0.15) is 24.5 Å². The van der Waals surface area contributed by atoms with Crippen molar-refractivity contribution >= 4 is 53.0 Å². The topological polar surface area (TPSA) is 61.8 Å². The van der Waals surface area contributed by atoms with Gasteiger partial charge in [-0.3, -0.25) is 4.90 Å². The molecule has 0 bridgehead atoms. The van der Waals surface area contributed by atoms with Crippen molar-refractivity contribution in [2.75, 3.05) is 45.1 Å². The third-order valence-electron chi connectivity index (χ3n) is 4.62. The molecule has 2 heterocycles. The first-order valence-corrected chi connectivity index (χ1v) is 12.1. The Kier molecular flexibility index (Phi) is 12.7. The molecule has 2 N–H and O–H groups in total. The molecular weight excluding hydrogens is 529 g/mol. The number of guanidine groups is 1. The average molecular weight is 562 g/mol. The molecule has 1 aliphatic heterocycles. The maximum atomic E-state index is 5.46. The Labute approximate surface area is 205 Å². The van der Waals surface area contributed by atoms with Gasteiger partial charge in [0.2, 0.25) is 0 Å². The Morgan fingerprint density at radius 1 is 1.23 bits per heavy atom. The Morgan fingerprint density at radius 3 is 2.77 bits per heavy atom. The number of thiazole rings is 1. The van der Waals surface area contributed by atoms with E-state index in [1.807, 2.05) is 23.3 Å². The van der Waals surface area contributed by atoms with Gasteiger partial charge in [-0.1, -0.05) is 36.0 Å². The van der Waals surface area contributed by atoms with Crippen LogP contribution >= 0.6 is 47.1 Å². The van der Waals surface area contributed by atoms with Crippen molar-refractivity contribution in [1.82, 2.24) is 20.5 Å². The van der Waals surface area contributed by atoms with E-state index in [9.17, 15) is 0 Å². The van der Waals surface area contributed by atoms with Crippen LogP contribution in [0.3, 0.4) is 0 Å². The normalized spacial score (nSPS) is 14.9. The fourth-order valence-electron chi connectivity index (χ4n) is 3.09. The first kappa shape index (κ1) is 25.4. The summed E-state index contributed by atoms with van der Waals surface area (Å²) >= 11 is 3.51. The minimum absolute atomic E-state index is 0. The van der Waals surface area contributed by atoms with Crippen molar-refractivity contribution in [3.05, 3.63) is 47.0 Å². The van der Waals surface area contributed by atoms with Crippen molar-refractivity contribution in [3.8, 4) is 0 Å². The summed E-state index contributed by atoms with van der Waals surface area (Å²) in [6, 6.07) is 8.63. The monoisotopic (exact) mass is 561 g/mol. The Balaban J connectivity index is 0.00000320. The molecule has 0 spiro atoms. The summed E-state index contributed by atoms with van der Waals surface area (Å²) in [5, 5.41) is 8.83. The van der Waals surface area contributed by atoms with E-state index in [1.54, 1.807) is 11.3 Å². The molecule has 6 nitrogen and oxygen atoms in total. The van der Waals surface area contributed by atoms with E-state index >= 15 is 0 Å². The Hall–Kier alpha value is -0.880. The standard InChI is InChI=1S/C21H31N5OS2.HI/c1-2-22-20(23-8-5-14-28-21-24-9-15-29-21)25-16-18-6-3-4-7-19(18)17-26-10-12-27-13-11-26;/h3-4,6-7,9,15H,2,5,8,10-14,16-17H2,1H3,(H2,22,23,25);1H. The molecule has 0 radical (unpaired) electrons. The second kappa shape index (κ2) is 15.0. The second-order valence-electron chi connectivity index (χ2n) is 6.78. The zero-order chi connectivity index (χ0) is 20.2. The van der Waals surface area contributed by atoms with E-state index < -0.39 is 0 Å². The number of aliphatic imine (C=N–C) groups is 1. The molecule has 0 atom stereocenters. The van der Waals surface area contributed by atoms with Crippen LogP contribution < -0.4 is 10.6 Å². The Morgan fingerprint density at radius 2 is 2.03 bits per heavy atom. The van der Waals surface area contributed by atoms with Gasteiger partial charge < -0.3 is 15.4 Å². The van der Waals surface area contributed by atoms with Gasteiger partial charge in [0.15, 0.2) is 5.96 Å². The molecule has 1 aromatic heterocycles. The number of hydrogen-bond donors (Lipinski definition) is 2. The van der Waals surface area contributed by atoms with Gasteiger partial charge in [0.1, 0.15) is 4.34 Å². The van der Waals surface area contributed by atoms with Gasteiger partial charge in [0.25, 0.3) is 0 Å². The molecule has 9 heteroatoms. The summed E-state index contributed by atoms with van der Waals surface area (Å²) in [6.07, 6.45) is 2.93. The summed E-state index contributed by atoms with van der Waals surface area (Å²) in [5.41, 5.74) is 2.64. The fourth-order valence-corrected chi connectivity index (χ4v) is 4.74. The molecule has 166 valence electrons. The summed E-state index contributed by atoms with van der Waals surface area (Å²) in [5.74, 6) is 1.94. The van der Waals surface area contributed by atoms with E-state index in [1.165, 1.54) is 11.1 Å². The van der Waals surface area contributed by atoms with Gasteiger partial charge in [-0.15, -0.1) is 35.3 Å². The maximum absolute atomic E-state index is 5.46. The molecule has 3 rings (SSSR count). The maximum Gasteiger partial charge on any atom is 0.191 e. The lowest BCUT2D eigenvalue weighted by Gasteiger charge is -2.27. The predicted molar refractivity (Wildman–Crippen MR) is 138 cm³/mol. The second-order valence-corrected chi connectivity index (χ2v) is 9.02. The van der Waals surface area contributed by atoms with Crippen molar-refractivity contribution in [2.24, 2.45) is 4.99 Å². The molecule has 30 heavy (non-hydrogen) atoms. The third-order valence-corrected chi connectivity index (χ3v) is 6.67. The molecule has 1 aliphatic rings. The highest BCUT2D eigenvalue weighted by atomic mass is 127. The highest BCUT2D eigenvalue weighted by Crippen LogP contribution is 2.20. The number of nitrogens with one attached hydrogen (secondary N) is 2. The van der Waals surface area contributed by atoms with Gasteiger partial charge in [0, 0.05) is 50.1 Å². The lowest BCUT2D eigenvalue weighted by Crippen LogP contribution is -2.38. The number of benzene rings is 1. The van der Waals surface area contributed by atoms with E-state index in [-0.39, 0.29) is 24.0 Å². The molecule has 1 fully saturated rings. The summed E-state index contributed by atoms with van der Waals surface area (Å²) in [6.45, 7) is 9.17. The van der Waals surface area contributed by atoms with Crippen molar-refractivity contribution < 1.29 is 4.74 Å². The first-order chi connectivity index (χ1) is 14.3. The van der Waals surface area contributed by atoms with Crippen LogP contribution in [0.25, 0.3) is 0 Å². The van der Waals surface area contributed by atoms with Gasteiger partial charge in [-0.2, -0.15) is 0 Å². The number of ether oxygens (including phenoxy) is 1. The molecule has 0 amide bonds. The number of thioether (sulfide) groups is 1. The molecule has 0 aliphatic carbocycles. The van der Waals surface area contributed by atoms with Gasteiger partial charge in [-0.05, 0) is 24.5 Å². The van der Waals surface area contributed by atoms with Gasteiger partial charge >= 0.3 is 0 Å². The molecule has 1 aromatic carbocycles.